The zero-order valence-electron chi connectivity index (χ0n) is 9.30. The second-order valence-electron chi connectivity index (χ2n) is 5.09. The van der Waals surface area contributed by atoms with E-state index in [1.807, 2.05) is 0 Å². The lowest BCUT2D eigenvalue weighted by atomic mass is 9.87. The minimum Gasteiger partial charge on any atom is -0.381 e. The molecule has 2 aliphatic rings. The van der Waals surface area contributed by atoms with Gasteiger partial charge in [0.15, 0.2) is 0 Å². The molecule has 0 spiro atoms. The summed E-state index contributed by atoms with van der Waals surface area (Å²) in [5.41, 5.74) is 0. The van der Waals surface area contributed by atoms with Crippen LogP contribution in [0.5, 0.6) is 0 Å². The molecule has 82 valence electrons. The quantitative estimate of drug-likeness (QED) is 0.749. The highest BCUT2D eigenvalue weighted by Crippen LogP contribution is 2.23. The van der Waals surface area contributed by atoms with E-state index in [2.05, 4.69) is 12.2 Å². The van der Waals surface area contributed by atoms with Crippen LogP contribution in [0.15, 0.2) is 0 Å². The molecule has 2 fully saturated rings. The maximum atomic E-state index is 5.37. The van der Waals surface area contributed by atoms with Crippen molar-refractivity contribution in [3.05, 3.63) is 0 Å². The molecule has 1 unspecified atom stereocenters. The van der Waals surface area contributed by atoms with Gasteiger partial charge in [-0.1, -0.05) is 6.92 Å². The van der Waals surface area contributed by atoms with Crippen LogP contribution in [0.25, 0.3) is 0 Å². The van der Waals surface area contributed by atoms with Gasteiger partial charge in [-0.25, -0.2) is 0 Å². The van der Waals surface area contributed by atoms with Crippen LogP contribution in [0.1, 0.15) is 39.0 Å². The van der Waals surface area contributed by atoms with E-state index in [4.69, 9.17) is 4.74 Å². The van der Waals surface area contributed by atoms with Crippen molar-refractivity contribution in [1.29, 1.82) is 0 Å². The van der Waals surface area contributed by atoms with Crippen molar-refractivity contribution in [3.63, 3.8) is 0 Å². The number of hydrogen-bond acceptors (Lipinski definition) is 2. The zero-order chi connectivity index (χ0) is 9.80. The summed E-state index contributed by atoms with van der Waals surface area (Å²) in [6.07, 6.45) is 6.86. The molecule has 1 aliphatic carbocycles. The molecule has 2 rings (SSSR count). The molecule has 1 saturated carbocycles. The predicted octanol–water partition coefficient (Wildman–Crippen LogP) is 2.19. The molecule has 2 heteroatoms. The van der Waals surface area contributed by atoms with E-state index in [1.54, 1.807) is 0 Å². The van der Waals surface area contributed by atoms with Gasteiger partial charge in [0.05, 0.1) is 6.61 Å². The Morgan fingerprint density at radius 2 is 1.93 bits per heavy atom. The third-order valence-corrected chi connectivity index (χ3v) is 3.74. The first-order chi connectivity index (χ1) is 6.84. The lowest BCUT2D eigenvalue weighted by molar-refractivity contribution is 0.183. The monoisotopic (exact) mass is 197 g/mol. The molecule has 2 nitrogen and oxygen atoms in total. The molecule has 0 aromatic carbocycles. The average molecular weight is 197 g/mol. The van der Waals surface area contributed by atoms with Gasteiger partial charge in [-0.2, -0.15) is 0 Å². The van der Waals surface area contributed by atoms with E-state index in [0.29, 0.717) is 0 Å². The van der Waals surface area contributed by atoms with E-state index in [9.17, 15) is 0 Å². The minimum atomic E-state index is 0.786. The third kappa shape index (κ3) is 2.96. The first-order valence-electron chi connectivity index (χ1n) is 6.15. The van der Waals surface area contributed by atoms with E-state index < -0.39 is 0 Å². The van der Waals surface area contributed by atoms with Gasteiger partial charge in [0, 0.05) is 19.2 Å². The molecule has 1 aliphatic heterocycles. The topological polar surface area (TPSA) is 21.3 Å². The Balaban J connectivity index is 1.60. The predicted molar refractivity (Wildman–Crippen MR) is 58.3 cm³/mol. The second kappa shape index (κ2) is 5.13. The Hall–Kier alpha value is -0.0800. The van der Waals surface area contributed by atoms with Crippen LogP contribution in [-0.4, -0.2) is 25.8 Å². The molecule has 0 bridgehead atoms. The zero-order valence-corrected chi connectivity index (χ0v) is 9.30. The summed E-state index contributed by atoms with van der Waals surface area (Å²) in [6.45, 7) is 5.52. The van der Waals surface area contributed by atoms with Crippen LogP contribution in [0.2, 0.25) is 0 Å². The van der Waals surface area contributed by atoms with Crippen LogP contribution in [0.3, 0.4) is 0 Å². The summed E-state index contributed by atoms with van der Waals surface area (Å²) in [6, 6.07) is 0.798. The highest BCUT2D eigenvalue weighted by atomic mass is 16.5. The van der Waals surface area contributed by atoms with Crippen LogP contribution in [0.4, 0.5) is 0 Å². The van der Waals surface area contributed by atoms with Gasteiger partial charge in [-0.05, 0) is 43.9 Å². The molecule has 0 aromatic heterocycles. The van der Waals surface area contributed by atoms with E-state index in [0.717, 1.165) is 31.1 Å². The minimum absolute atomic E-state index is 0.786. The van der Waals surface area contributed by atoms with Gasteiger partial charge in [0.1, 0.15) is 0 Å². The van der Waals surface area contributed by atoms with Gasteiger partial charge >= 0.3 is 0 Å². The number of nitrogens with one attached hydrogen (secondary N) is 1. The molecule has 1 heterocycles. The van der Waals surface area contributed by atoms with Gasteiger partial charge < -0.3 is 10.1 Å². The molecule has 1 saturated heterocycles. The lowest BCUT2D eigenvalue weighted by Crippen LogP contribution is -2.36. The van der Waals surface area contributed by atoms with Crippen molar-refractivity contribution in [2.24, 2.45) is 11.8 Å². The van der Waals surface area contributed by atoms with Crippen molar-refractivity contribution in [3.8, 4) is 0 Å². The van der Waals surface area contributed by atoms with Crippen LogP contribution < -0.4 is 5.32 Å². The maximum absolute atomic E-state index is 5.37. The van der Waals surface area contributed by atoms with Gasteiger partial charge in [0.25, 0.3) is 0 Å². The fraction of sp³-hybridized carbons (Fsp3) is 1.00. The first-order valence-corrected chi connectivity index (χ1v) is 6.15. The Morgan fingerprint density at radius 1 is 1.14 bits per heavy atom. The Morgan fingerprint density at radius 3 is 2.57 bits per heavy atom. The van der Waals surface area contributed by atoms with Crippen molar-refractivity contribution >= 4 is 0 Å². The van der Waals surface area contributed by atoms with E-state index in [1.165, 1.54) is 38.6 Å². The first kappa shape index (κ1) is 10.4. The summed E-state index contributed by atoms with van der Waals surface area (Å²) < 4.78 is 5.37. The molecule has 0 amide bonds. The summed E-state index contributed by atoms with van der Waals surface area (Å²) in [4.78, 5) is 0. The lowest BCUT2D eigenvalue weighted by Gasteiger charge is -2.27. The standard InChI is InChI=1S/C12H23NO/c1-10-2-4-12(5-3-10)13-8-11-6-7-14-9-11/h10-13H,2-9H2,1H3/t10-,11?,12-. The highest BCUT2D eigenvalue weighted by Gasteiger charge is 2.20. The third-order valence-electron chi connectivity index (χ3n) is 3.74. The molecule has 14 heavy (non-hydrogen) atoms. The average Bonchev–Trinajstić information content (AvgIpc) is 2.70. The smallest absolute Gasteiger partial charge is 0.0507 e. The Labute approximate surface area is 87.4 Å². The van der Waals surface area contributed by atoms with Crippen molar-refractivity contribution in [2.75, 3.05) is 19.8 Å². The van der Waals surface area contributed by atoms with E-state index >= 15 is 0 Å². The molecule has 1 N–H and O–H groups in total. The number of rotatable bonds is 3. The molecule has 0 radical (unpaired) electrons. The number of ether oxygens (including phenoxy) is 1. The summed E-state index contributed by atoms with van der Waals surface area (Å²) >= 11 is 0. The van der Waals surface area contributed by atoms with Crippen LogP contribution in [-0.2, 0) is 4.74 Å². The van der Waals surface area contributed by atoms with Crippen molar-refractivity contribution < 1.29 is 4.74 Å². The molecular weight excluding hydrogens is 174 g/mol. The SMILES string of the molecule is C[C@H]1CC[C@H](NCC2CCOC2)CC1. The summed E-state index contributed by atoms with van der Waals surface area (Å²) in [5, 5.41) is 3.70. The van der Waals surface area contributed by atoms with Gasteiger partial charge in [-0.15, -0.1) is 0 Å². The fourth-order valence-corrected chi connectivity index (χ4v) is 2.54. The Kier molecular flexibility index (Phi) is 3.82. The normalized spacial score (nSPS) is 38.8. The second-order valence-corrected chi connectivity index (χ2v) is 5.09. The molecule has 1 atom stereocenters. The van der Waals surface area contributed by atoms with Crippen LogP contribution >= 0.6 is 0 Å². The number of hydrogen-bond donors (Lipinski definition) is 1. The maximum Gasteiger partial charge on any atom is 0.0507 e. The largest absolute Gasteiger partial charge is 0.381 e. The Bertz CT molecular complexity index is 158. The molecule has 0 aromatic rings. The van der Waals surface area contributed by atoms with Crippen molar-refractivity contribution in [2.45, 2.75) is 45.1 Å². The summed E-state index contributed by atoms with van der Waals surface area (Å²) in [5.74, 6) is 1.75. The molecular formula is C12H23NO. The highest BCUT2D eigenvalue weighted by molar-refractivity contribution is 4.77. The van der Waals surface area contributed by atoms with Crippen molar-refractivity contribution in [1.82, 2.24) is 5.32 Å². The van der Waals surface area contributed by atoms with Gasteiger partial charge in [-0.3, -0.25) is 0 Å². The summed E-state index contributed by atoms with van der Waals surface area (Å²) in [7, 11) is 0. The van der Waals surface area contributed by atoms with Gasteiger partial charge in [0.2, 0.25) is 0 Å². The fourth-order valence-electron chi connectivity index (χ4n) is 2.54. The van der Waals surface area contributed by atoms with Crippen LogP contribution in [0, 0.1) is 11.8 Å². The van der Waals surface area contributed by atoms with E-state index in [-0.39, 0.29) is 0 Å².